The molecule has 6 heteroatoms. The minimum Gasteiger partial charge on any atom is -0.347 e. The summed E-state index contributed by atoms with van der Waals surface area (Å²) in [5.74, 6) is 0.280. The van der Waals surface area contributed by atoms with Gasteiger partial charge in [0, 0.05) is 18.3 Å². The molecule has 3 N–H and O–H groups in total. The molecule has 0 aliphatic carbocycles. The highest BCUT2D eigenvalue weighted by Crippen LogP contribution is 2.12. The molecule has 1 saturated heterocycles. The van der Waals surface area contributed by atoms with E-state index in [1.165, 1.54) is 0 Å². The van der Waals surface area contributed by atoms with Crippen LogP contribution in [0.1, 0.15) is 48.8 Å². The van der Waals surface area contributed by atoms with Gasteiger partial charge in [0.25, 0.3) is 5.91 Å². The van der Waals surface area contributed by atoms with Crippen molar-refractivity contribution in [1.29, 1.82) is 0 Å². The molecule has 0 aromatic carbocycles. The van der Waals surface area contributed by atoms with Gasteiger partial charge in [-0.05, 0) is 31.4 Å². The second-order valence-electron chi connectivity index (χ2n) is 4.88. The lowest BCUT2D eigenvalue weighted by Crippen LogP contribution is -2.45. The second-order valence-corrected chi connectivity index (χ2v) is 4.88. The largest absolute Gasteiger partial charge is 0.347 e. The van der Waals surface area contributed by atoms with Gasteiger partial charge in [-0.1, -0.05) is 13.8 Å². The van der Waals surface area contributed by atoms with E-state index < -0.39 is 0 Å². The molecule has 5 nitrogen and oxygen atoms in total. The number of hydrogen-bond acceptors (Lipinski definition) is 3. The third-order valence-electron chi connectivity index (χ3n) is 3.08. The summed E-state index contributed by atoms with van der Waals surface area (Å²) in [6, 6.07) is 2.06. The molecule has 1 aromatic rings. The zero-order valence-corrected chi connectivity index (χ0v) is 11.6. The standard InChI is InChI=1S/C12H20N4O.ClH/c1-8(2)10-6-11(16-15-10)12(17)14-9-4-3-5-13-7-9;/h6,8-9,13H,3-5,7H2,1-2H3,(H,14,17)(H,15,16);1H. The molecular weight excluding hydrogens is 252 g/mol. The quantitative estimate of drug-likeness (QED) is 0.780. The molecule has 1 aromatic heterocycles. The van der Waals surface area contributed by atoms with Crippen LogP contribution in [0.3, 0.4) is 0 Å². The maximum Gasteiger partial charge on any atom is 0.272 e. The molecule has 0 saturated carbocycles. The fourth-order valence-corrected chi connectivity index (χ4v) is 1.98. The zero-order valence-electron chi connectivity index (χ0n) is 10.8. The summed E-state index contributed by atoms with van der Waals surface area (Å²) in [6.07, 6.45) is 2.16. The van der Waals surface area contributed by atoms with Crippen LogP contribution in [0.25, 0.3) is 0 Å². The van der Waals surface area contributed by atoms with Crippen molar-refractivity contribution in [2.45, 2.75) is 38.6 Å². The number of carbonyl (C=O) groups is 1. The third-order valence-corrected chi connectivity index (χ3v) is 3.08. The Bertz CT molecular complexity index is 385. The van der Waals surface area contributed by atoms with E-state index in [4.69, 9.17) is 0 Å². The predicted molar refractivity (Wildman–Crippen MR) is 73.3 cm³/mol. The van der Waals surface area contributed by atoms with E-state index in [2.05, 4.69) is 34.7 Å². The second kappa shape index (κ2) is 6.75. The normalized spacial score (nSPS) is 19.4. The molecule has 1 aliphatic rings. The fraction of sp³-hybridized carbons (Fsp3) is 0.667. The van der Waals surface area contributed by atoms with Crippen LogP contribution in [-0.4, -0.2) is 35.2 Å². The molecule has 18 heavy (non-hydrogen) atoms. The minimum absolute atomic E-state index is 0. The Morgan fingerprint density at radius 1 is 1.56 bits per heavy atom. The van der Waals surface area contributed by atoms with Crippen molar-refractivity contribution in [2.75, 3.05) is 13.1 Å². The van der Waals surface area contributed by atoms with Gasteiger partial charge in [0.2, 0.25) is 0 Å². The summed E-state index contributed by atoms with van der Waals surface area (Å²) < 4.78 is 0. The van der Waals surface area contributed by atoms with Crippen molar-refractivity contribution in [3.8, 4) is 0 Å². The van der Waals surface area contributed by atoms with E-state index in [0.717, 1.165) is 31.6 Å². The molecule has 2 rings (SSSR count). The van der Waals surface area contributed by atoms with Gasteiger partial charge in [0.05, 0.1) is 0 Å². The average Bonchev–Trinajstić information content (AvgIpc) is 2.79. The first-order chi connectivity index (χ1) is 8.16. The molecule has 1 fully saturated rings. The Balaban J connectivity index is 0.00000162. The SMILES string of the molecule is CC(C)c1cc(C(=O)NC2CCCNC2)n[nH]1.Cl. The van der Waals surface area contributed by atoms with Crippen molar-refractivity contribution in [3.05, 3.63) is 17.5 Å². The Morgan fingerprint density at radius 2 is 2.33 bits per heavy atom. The topological polar surface area (TPSA) is 69.8 Å². The third kappa shape index (κ3) is 3.71. The molecule has 0 bridgehead atoms. The van der Waals surface area contributed by atoms with Gasteiger partial charge >= 0.3 is 0 Å². The van der Waals surface area contributed by atoms with E-state index in [1.807, 2.05) is 6.07 Å². The summed E-state index contributed by atoms with van der Waals surface area (Å²) in [7, 11) is 0. The molecule has 0 radical (unpaired) electrons. The van der Waals surface area contributed by atoms with Crippen LogP contribution in [0.5, 0.6) is 0 Å². The molecule has 1 amide bonds. The number of rotatable bonds is 3. The zero-order chi connectivity index (χ0) is 12.3. The highest BCUT2D eigenvalue weighted by Gasteiger charge is 2.18. The van der Waals surface area contributed by atoms with Crippen molar-refractivity contribution in [2.24, 2.45) is 0 Å². The van der Waals surface area contributed by atoms with E-state index >= 15 is 0 Å². The lowest BCUT2D eigenvalue weighted by Gasteiger charge is -2.23. The average molecular weight is 273 g/mol. The molecule has 102 valence electrons. The Labute approximate surface area is 114 Å². The van der Waals surface area contributed by atoms with Gasteiger partial charge in [0.1, 0.15) is 5.69 Å². The number of aromatic nitrogens is 2. The molecule has 2 heterocycles. The van der Waals surface area contributed by atoms with Crippen LogP contribution in [0.4, 0.5) is 0 Å². The molecule has 1 atom stereocenters. The first kappa shape index (κ1) is 15.0. The molecule has 1 aliphatic heterocycles. The van der Waals surface area contributed by atoms with Gasteiger partial charge in [-0.3, -0.25) is 9.89 Å². The van der Waals surface area contributed by atoms with Gasteiger partial charge in [-0.2, -0.15) is 5.10 Å². The smallest absolute Gasteiger partial charge is 0.272 e. The van der Waals surface area contributed by atoms with Crippen LogP contribution in [0.15, 0.2) is 6.07 Å². The fourth-order valence-electron chi connectivity index (χ4n) is 1.98. The maximum absolute atomic E-state index is 11.9. The minimum atomic E-state index is -0.0816. The summed E-state index contributed by atoms with van der Waals surface area (Å²) in [4.78, 5) is 11.9. The van der Waals surface area contributed by atoms with E-state index in [-0.39, 0.29) is 24.4 Å². The molecule has 1 unspecified atom stereocenters. The number of amides is 1. The van der Waals surface area contributed by atoms with Crippen LogP contribution < -0.4 is 10.6 Å². The van der Waals surface area contributed by atoms with E-state index in [0.29, 0.717) is 11.6 Å². The van der Waals surface area contributed by atoms with Crippen molar-refractivity contribution in [1.82, 2.24) is 20.8 Å². The van der Waals surface area contributed by atoms with Gasteiger partial charge < -0.3 is 10.6 Å². The summed E-state index contributed by atoms with van der Waals surface area (Å²) in [5, 5.41) is 13.2. The lowest BCUT2D eigenvalue weighted by molar-refractivity contribution is 0.0925. The Kier molecular flexibility index (Phi) is 5.62. The highest BCUT2D eigenvalue weighted by molar-refractivity contribution is 5.92. The van der Waals surface area contributed by atoms with Crippen LogP contribution in [0, 0.1) is 0 Å². The molecule has 0 spiro atoms. The Morgan fingerprint density at radius 3 is 2.89 bits per heavy atom. The Hall–Kier alpha value is -1.07. The van der Waals surface area contributed by atoms with Gasteiger partial charge in [-0.15, -0.1) is 12.4 Å². The van der Waals surface area contributed by atoms with Crippen molar-refractivity contribution >= 4 is 18.3 Å². The van der Waals surface area contributed by atoms with Crippen LogP contribution in [0.2, 0.25) is 0 Å². The first-order valence-electron chi connectivity index (χ1n) is 6.23. The van der Waals surface area contributed by atoms with E-state index in [1.54, 1.807) is 0 Å². The van der Waals surface area contributed by atoms with Gasteiger partial charge in [-0.25, -0.2) is 0 Å². The number of aromatic amines is 1. The highest BCUT2D eigenvalue weighted by atomic mass is 35.5. The number of halogens is 1. The lowest BCUT2D eigenvalue weighted by atomic mass is 10.1. The summed E-state index contributed by atoms with van der Waals surface area (Å²) in [5.41, 5.74) is 1.48. The maximum atomic E-state index is 11.9. The first-order valence-corrected chi connectivity index (χ1v) is 6.23. The number of hydrogen-bond donors (Lipinski definition) is 3. The summed E-state index contributed by atoms with van der Waals surface area (Å²) >= 11 is 0. The van der Waals surface area contributed by atoms with Crippen LogP contribution >= 0.6 is 12.4 Å². The number of nitrogens with zero attached hydrogens (tertiary/aromatic N) is 1. The number of carbonyl (C=O) groups excluding carboxylic acids is 1. The van der Waals surface area contributed by atoms with E-state index in [9.17, 15) is 4.79 Å². The van der Waals surface area contributed by atoms with Crippen LogP contribution in [-0.2, 0) is 0 Å². The summed E-state index contributed by atoms with van der Waals surface area (Å²) in [6.45, 7) is 6.04. The number of H-pyrrole nitrogens is 1. The number of nitrogens with one attached hydrogen (secondary N) is 3. The van der Waals surface area contributed by atoms with Crippen molar-refractivity contribution < 1.29 is 4.79 Å². The predicted octanol–water partition coefficient (Wildman–Crippen LogP) is 1.44. The number of piperidine rings is 1. The van der Waals surface area contributed by atoms with Crippen molar-refractivity contribution in [3.63, 3.8) is 0 Å². The monoisotopic (exact) mass is 272 g/mol. The molecular formula is C12H21ClN4O. The van der Waals surface area contributed by atoms with Gasteiger partial charge in [0.15, 0.2) is 0 Å².